The van der Waals surface area contributed by atoms with Crippen LogP contribution in [0.15, 0.2) is 78.0 Å². The molecule has 1 heterocycles. The van der Waals surface area contributed by atoms with E-state index in [0.29, 0.717) is 11.5 Å². The number of nitrogens with zero attached hydrogens (tertiary/aromatic N) is 3. The number of hydrogen-bond acceptors (Lipinski definition) is 6. The number of rotatable bonds is 8. The Morgan fingerprint density at radius 1 is 0.742 bits per heavy atom. The molecular formula is C24H23N3O3S. The average Bonchev–Trinajstić information content (AvgIpc) is 3.27. The summed E-state index contributed by atoms with van der Waals surface area (Å²) in [6.45, 7) is 0. The van der Waals surface area contributed by atoms with Crippen LogP contribution in [-0.4, -0.2) is 36.1 Å². The smallest absolute Gasteiger partial charge is 0.196 e. The molecule has 6 nitrogen and oxygen atoms in total. The third kappa shape index (κ3) is 4.67. The fourth-order valence-corrected chi connectivity index (χ4v) is 4.10. The Morgan fingerprint density at radius 2 is 1.45 bits per heavy atom. The molecular weight excluding hydrogens is 410 g/mol. The SMILES string of the molecule is COc1cccc(CSc2nnc(-c3cc(OC)cc(OC)c3)n2-c2ccccc2)c1. The summed E-state index contributed by atoms with van der Waals surface area (Å²) in [7, 11) is 4.94. The standard InChI is InChI=1S/C24H23N3O3S/c1-28-20-11-7-8-17(12-20)16-31-24-26-25-23(27(24)19-9-5-4-6-10-19)18-13-21(29-2)15-22(14-18)30-3/h4-15H,16H2,1-3H3. The van der Waals surface area contributed by atoms with Gasteiger partial charge in [-0.05, 0) is 42.0 Å². The van der Waals surface area contributed by atoms with Crippen molar-refractivity contribution >= 4 is 11.8 Å². The van der Waals surface area contributed by atoms with Crippen molar-refractivity contribution in [2.75, 3.05) is 21.3 Å². The van der Waals surface area contributed by atoms with Crippen LogP contribution in [0.25, 0.3) is 17.1 Å². The summed E-state index contributed by atoms with van der Waals surface area (Å²) in [6.07, 6.45) is 0. The van der Waals surface area contributed by atoms with Crippen molar-refractivity contribution in [1.82, 2.24) is 14.8 Å². The van der Waals surface area contributed by atoms with E-state index in [2.05, 4.69) is 20.8 Å². The second-order valence-electron chi connectivity index (χ2n) is 6.72. The second kappa shape index (κ2) is 9.57. The van der Waals surface area contributed by atoms with Gasteiger partial charge in [-0.2, -0.15) is 0 Å². The number of hydrogen-bond donors (Lipinski definition) is 0. The predicted octanol–water partition coefficient (Wildman–Crippen LogP) is 5.25. The van der Waals surface area contributed by atoms with Crippen LogP contribution in [0.1, 0.15) is 5.56 Å². The van der Waals surface area contributed by atoms with Crippen molar-refractivity contribution in [2.45, 2.75) is 10.9 Å². The van der Waals surface area contributed by atoms with Crippen LogP contribution in [0.5, 0.6) is 17.2 Å². The molecule has 158 valence electrons. The molecule has 31 heavy (non-hydrogen) atoms. The molecule has 0 atom stereocenters. The Hall–Kier alpha value is -3.45. The Kier molecular flexibility index (Phi) is 6.43. The number of para-hydroxylation sites is 1. The first kappa shape index (κ1) is 20.8. The maximum Gasteiger partial charge on any atom is 0.196 e. The molecule has 0 aliphatic rings. The van der Waals surface area contributed by atoms with E-state index in [1.807, 2.05) is 66.7 Å². The zero-order valence-corrected chi connectivity index (χ0v) is 18.4. The van der Waals surface area contributed by atoms with Crippen molar-refractivity contribution < 1.29 is 14.2 Å². The zero-order chi connectivity index (χ0) is 21.6. The van der Waals surface area contributed by atoms with Crippen LogP contribution in [0, 0.1) is 0 Å². The van der Waals surface area contributed by atoms with E-state index in [-0.39, 0.29) is 0 Å². The van der Waals surface area contributed by atoms with Crippen LogP contribution in [0.3, 0.4) is 0 Å². The highest BCUT2D eigenvalue weighted by Crippen LogP contribution is 2.33. The minimum atomic E-state index is 0.697. The second-order valence-corrected chi connectivity index (χ2v) is 7.66. The highest BCUT2D eigenvalue weighted by atomic mass is 32.2. The van der Waals surface area contributed by atoms with Crippen LogP contribution in [0.2, 0.25) is 0 Å². The van der Waals surface area contributed by atoms with Crippen molar-refractivity contribution in [2.24, 2.45) is 0 Å². The summed E-state index contributed by atoms with van der Waals surface area (Å²) in [5.74, 6) is 3.69. The van der Waals surface area contributed by atoms with Gasteiger partial charge >= 0.3 is 0 Å². The lowest BCUT2D eigenvalue weighted by Crippen LogP contribution is -2.00. The highest BCUT2D eigenvalue weighted by molar-refractivity contribution is 7.98. The number of aromatic nitrogens is 3. The summed E-state index contributed by atoms with van der Waals surface area (Å²) in [4.78, 5) is 0. The predicted molar refractivity (Wildman–Crippen MR) is 122 cm³/mol. The van der Waals surface area contributed by atoms with E-state index in [9.17, 15) is 0 Å². The van der Waals surface area contributed by atoms with Gasteiger partial charge in [0.25, 0.3) is 0 Å². The van der Waals surface area contributed by atoms with Crippen molar-refractivity contribution in [3.8, 4) is 34.3 Å². The molecule has 3 aromatic carbocycles. The number of methoxy groups -OCH3 is 3. The van der Waals surface area contributed by atoms with Crippen molar-refractivity contribution in [3.63, 3.8) is 0 Å². The van der Waals surface area contributed by atoms with Gasteiger partial charge in [-0.3, -0.25) is 4.57 Å². The van der Waals surface area contributed by atoms with E-state index >= 15 is 0 Å². The monoisotopic (exact) mass is 433 g/mol. The third-order valence-electron chi connectivity index (χ3n) is 4.76. The van der Waals surface area contributed by atoms with E-state index < -0.39 is 0 Å². The highest BCUT2D eigenvalue weighted by Gasteiger charge is 2.18. The van der Waals surface area contributed by atoms with Gasteiger partial charge in [-0.25, -0.2) is 0 Å². The normalized spacial score (nSPS) is 10.7. The van der Waals surface area contributed by atoms with E-state index in [1.165, 1.54) is 0 Å². The lowest BCUT2D eigenvalue weighted by Gasteiger charge is -2.12. The van der Waals surface area contributed by atoms with Crippen molar-refractivity contribution in [3.05, 3.63) is 78.4 Å². The molecule has 0 spiro atoms. The molecule has 1 aromatic heterocycles. The quantitative estimate of drug-likeness (QED) is 0.354. The fraction of sp³-hybridized carbons (Fsp3) is 0.167. The average molecular weight is 434 g/mol. The summed E-state index contributed by atoms with van der Waals surface area (Å²) in [6, 6.07) is 23.8. The zero-order valence-electron chi connectivity index (χ0n) is 17.6. The minimum Gasteiger partial charge on any atom is -0.497 e. The molecule has 0 N–H and O–H groups in total. The van der Waals surface area contributed by atoms with Crippen LogP contribution >= 0.6 is 11.8 Å². The van der Waals surface area contributed by atoms with Gasteiger partial charge in [0.2, 0.25) is 0 Å². The van der Waals surface area contributed by atoms with E-state index in [4.69, 9.17) is 14.2 Å². The molecule has 4 rings (SSSR count). The largest absolute Gasteiger partial charge is 0.497 e. The number of benzene rings is 3. The molecule has 0 fully saturated rings. The summed E-state index contributed by atoms with van der Waals surface area (Å²) < 4.78 is 18.3. The molecule has 4 aromatic rings. The van der Waals surface area contributed by atoms with Crippen molar-refractivity contribution in [1.29, 1.82) is 0 Å². The Bertz CT molecular complexity index is 1140. The van der Waals surface area contributed by atoms with Crippen LogP contribution in [-0.2, 0) is 5.75 Å². The molecule has 0 aliphatic carbocycles. The van der Waals surface area contributed by atoms with Crippen LogP contribution in [0.4, 0.5) is 0 Å². The Morgan fingerprint density at radius 3 is 2.13 bits per heavy atom. The summed E-state index contributed by atoms with van der Waals surface area (Å²) in [5, 5.41) is 9.81. The molecule has 0 amide bonds. The molecule has 0 unspecified atom stereocenters. The first-order chi connectivity index (χ1) is 15.2. The number of thioether (sulfide) groups is 1. The number of ether oxygens (including phenoxy) is 3. The lowest BCUT2D eigenvalue weighted by molar-refractivity contribution is 0.394. The van der Waals surface area contributed by atoms with Crippen LogP contribution < -0.4 is 14.2 Å². The molecule has 0 saturated heterocycles. The Balaban J connectivity index is 1.74. The maximum atomic E-state index is 5.44. The molecule has 0 aliphatic heterocycles. The van der Waals surface area contributed by atoms with Gasteiger partial charge in [-0.15, -0.1) is 10.2 Å². The minimum absolute atomic E-state index is 0.697. The molecule has 7 heteroatoms. The maximum absolute atomic E-state index is 5.44. The van der Waals surface area contributed by atoms with E-state index in [0.717, 1.165) is 39.3 Å². The third-order valence-corrected chi connectivity index (χ3v) is 5.76. The molecule has 0 bridgehead atoms. The first-order valence-corrected chi connectivity index (χ1v) is 10.7. The Labute approximate surface area is 185 Å². The fourth-order valence-electron chi connectivity index (χ4n) is 3.21. The van der Waals surface area contributed by atoms with Gasteiger partial charge in [0.05, 0.1) is 21.3 Å². The first-order valence-electron chi connectivity index (χ1n) is 9.72. The summed E-state index contributed by atoms with van der Waals surface area (Å²) >= 11 is 1.62. The van der Waals surface area contributed by atoms with Gasteiger partial charge in [-0.1, -0.05) is 42.1 Å². The lowest BCUT2D eigenvalue weighted by atomic mass is 10.2. The van der Waals surface area contributed by atoms with E-state index in [1.54, 1.807) is 33.1 Å². The molecule has 0 radical (unpaired) electrons. The topological polar surface area (TPSA) is 58.4 Å². The van der Waals surface area contributed by atoms with Gasteiger partial charge in [0, 0.05) is 23.1 Å². The van der Waals surface area contributed by atoms with Gasteiger partial charge in [0.15, 0.2) is 11.0 Å². The molecule has 0 saturated carbocycles. The summed E-state index contributed by atoms with van der Waals surface area (Å²) in [5.41, 5.74) is 3.00. The van der Waals surface area contributed by atoms with Gasteiger partial charge < -0.3 is 14.2 Å². The van der Waals surface area contributed by atoms with Gasteiger partial charge in [0.1, 0.15) is 17.2 Å².